The van der Waals surface area contributed by atoms with Gasteiger partial charge in [-0.1, -0.05) is 25.3 Å². The standard InChI is InChI=1S/C19H30N4.HI/c1-2-21-18(22-13-8-17-7-6-12-20-15-17)23-14-11-19(16-23)9-4-3-5-10-19;/h6-7,12,15H,2-5,8-11,13-14,16H2,1H3,(H,21,22);1H. The van der Waals surface area contributed by atoms with Gasteiger partial charge >= 0.3 is 0 Å². The van der Waals surface area contributed by atoms with E-state index in [2.05, 4.69) is 28.2 Å². The lowest BCUT2D eigenvalue weighted by atomic mass is 9.73. The maximum Gasteiger partial charge on any atom is 0.193 e. The van der Waals surface area contributed by atoms with Crippen molar-refractivity contribution in [3.63, 3.8) is 0 Å². The van der Waals surface area contributed by atoms with Crippen molar-refractivity contribution in [1.29, 1.82) is 0 Å². The van der Waals surface area contributed by atoms with Crippen LogP contribution in [0.25, 0.3) is 0 Å². The second-order valence-corrected chi connectivity index (χ2v) is 7.08. The molecular formula is C19H31IN4. The number of nitrogens with zero attached hydrogens (tertiary/aromatic N) is 3. The van der Waals surface area contributed by atoms with Gasteiger partial charge in [-0.3, -0.25) is 9.98 Å². The molecule has 1 aliphatic heterocycles. The number of hydrogen-bond donors (Lipinski definition) is 1. The van der Waals surface area contributed by atoms with Gasteiger partial charge in [0.25, 0.3) is 0 Å². The predicted molar refractivity (Wildman–Crippen MR) is 111 cm³/mol. The SMILES string of the molecule is CCNC(=NCCc1cccnc1)N1CCC2(CCCCC2)C1.I. The Balaban J connectivity index is 0.00000208. The minimum atomic E-state index is 0. The molecule has 5 heteroatoms. The van der Waals surface area contributed by atoms with Crippen LogP contribution in [0.2, 0.25) is 0 Å². The van der Waals surface area contributed by atoms with Crippen LogP contribution < -0.4 is 5.32 Å². The molecule has 1 aromatic rings. The zero-order valence-corrected chi connectivity index (χ0v) is 17.2. The van der Waals surface area contributed by atoms with Crippen molar-refractivity contribution in [2.24, 2.45) is 10.4 Å². The molecule has 2 fully saturated rings. The number of hydrogen-bond acceptors (Lipinski definition) is 2. The summed E-state index contributed by atoms with van der Waals surface area (Å²) in [7, 11) is 0. The molecule has 0 amide bonds. The summed E-state index contributed by atoms with van der Waals surface area (Å²) < 4.78 is 0. The Kier molecular flexibility index (Phi) is 7.78. The first-order valence-electron chi connectivity index (χ1n) is 9.23. The van der Waals surface area contributed by atoms with E-state index in [1.165, 1.54) is 57.2 Å². The van der Waals surface area contributed by atoms with E-state index in [0.717, 1.165) is 25.5 Å². The largest absolute Gasteiger partial charge is 0.357 e. The first kappa shape index (κ1) is 19.5. The van der Waals surface area contributed by atoms with Gasteiger partial charge in [0, 0.05) is 38.6 Å². The van der Waals surface area contributed by atoms with Crippen LogP contribution >= 0.6 is 24.0 Å². The average Bonchev–Trinajstić information content (AvgIpc) is 2.99. The van der Waals surface area contributed by atoms with Crippen molar-refractivity contribution in [2.75, 3.05) is 26.2 Å². The van der Waals surface area contributed by atoms with Crippen LogP contribution in [0.15, 0.2) is 29.5 Å². The Bertz CT molecular complexity index is 511. The van der Waals surface area contributed by atoms with E-state index in [9.17, 15) is 0 Å². The molecule has 1 spiro atoms. The zero-order chi connectivity index (χ0) is 16.0. The van der Waals surface area contributed by atoms with Gasteiger partial charge < -0.3 is 10.2 Å². The van der Waals surface area contributed by atoms with E-state index >= 15 is 0 Å². The number of pyridine rings is 1. The highest BCUT2D eigenvalue weighted by atomic mass is 127. The Labute approximate surface area is 163 Å². The fourth-order valence-electron chi connectivity index (χ4n) is 4.09. The summed E-state index contributed by atoms with van der Waals surface area (Å²) >= 11 is 0. The summed E-state index contributed by atoms with van der Waals surface area (Å²) in [5.41, 5.74) is 1.84. The van der Waals surface area contributed by atoms with Crippen LogP contribution in [0.5, 0.6) is 0 Å². The summed E-state index contributed by atoms with van der Waals surface area (Å²) in [5.74, 6) is 1.11. The highest BCUT2D eigenvalue weighted by molar-refractivity contribution is 14.0. The summed E-state index contributed by atoms with van der Waals surface area (Å²) in [6.07, 6.45) is 13.2. The Morgan fingerprint density at radius 3 is 2.83 bits per heavy atom. The van der Waals surface area contributed by atoms with Gasteiger partial charge in [0.05, 0.1) is 0 Å². The molecule has 3 rings (SSSR count). The number of halogens is 1. The second kappa shape index (κ2) is 9.59. The molecule has 24 heavy (non-hydrogen) atoms. The van der Waals surface area contributed by atoms with E-state index in [-0.39, 0.29) is 24.0 Å². The monoisotopic (exact) mass is 442 g/mol. The van der Waals surface area contributed by atoms with Crippen molar-refractivity contribution in [1.82, 2.24) is 15.2 Å². The van der Waals surface area contributed by atoms with Gasteiger partial charge in [-0.2, -0.15) is 0 Å². The molecule has 1 N–H and O–H groups in total. The van der Waals surface area contributed by atoms with Gasteiger partial charge in [-0.25, -0.2) is 0 Å². The van der Waals surface area contributed by atoms with Crippen LogP contribution in [0.1, 0.15) is 51.0 Å². The van der Waals surface area contributed by atoms with E-state index in [1.54, 1.807) is 0 Å². The second-order valence-electron chi connectivity index (χ2n) is 7.08. The lowest BCUT2D eigenvalue weighted by molar-refractivity contribution is 0.203. The molecule has 0 aromatic carbocycles. The molecule has 1 saturated carbocycles. The molecule has 4 nitrogen and oxygen atoms in total. The number of rotatable bonds is 4. The minimum Gasteiger partial charge on any atom is -0.357 e. The molecule has 0 atom stereocenters. The Morgan fingerprint density at radius 2 is 2.12 bits per heavy atom. The van der Waals surface area contributed by atoms with Crippen LogP contribution in [0.3, 0.4) is 0 Å². The van der Waals surface area contributed by atoms with Gasteiger partial charge in [-0.05, 0) is 49.7 Å². The molecule has 2 heterocycles. The van der Waals surface area contributed by atoms with Crippen LogP contribution in [0, 0.1) is 5.41 Å². The number of guanidine groups is 1. The van der Waals surface area contributed by atoms with Crippen LogP contribution in [0.4, 0.5) is 0 Å². The van der Waals surface area contributed by atoms with Crippen molar-refractivity contribution < 1.29 is 0 Å². The molecule has 0 unspecified atom stereocenters. The summed E-state index contributed by atoms with van der Waals surface area (Å²) in [6, 6.07) is 4.12. The van der Waals surface area contributed by atoms with Crippen molar-refractivity contribution >= 4 is 29.9 Å². The Hall–Kier alpha value is -0.850. The van der Waals surface area contributed by atoms with Gasteiger partial charge in [-0.15, -0.1) is 24.0 Å². The fourth-order valence-corrected chi connectivity index (χ4v) is 4.09. The highest BCUT2D eigenvalue weighted by Crippen LogP contribution is 2.43. The summed E-state index contributed by atoms with van der Waals surface area (Å²) in [6.45, 7) is 6.29. The normalized spacial score (nSPS) is 20.0. The van der Waals surface area contributed by atoms with E-state index in [1.807, 2.05) is 18.5 Å². The lowest BCUT2D eigenvalue weighted by Crippen LogP contribution is -2.41. The highest BCUT2D eigenvalue weighted by Gasteiger charge is 2.39. The number of aromatic nitrogens is 1. The third-order valence-corrected chi connectivity index (χ3v) is 5.37. The molecule has 2 aliphatic rings. The van der Waals surface area contributed by atoms with E-state index in [0.29, 0.717) is 5.41 Å². The number of nitrogens with one attached hydrogen (secondary N) is 1. The van der Waals surface area contributed by atoms with Crippen molar-refractivity contribution in [3.8, 4) is 0 Å². The molecule has 1 aliphatic carbocycles. The van der Waals surface area contributed by atoms with Gasteiger partial charge in [0.2, 0.25) is 0 Å². The maximum atomic E-state index is 4.87. The minimum absolute atomic E-state index is 0. The topological polar surface area (TPSA) is 40.5 Å². The van der Waals surface area contributed by atoms with E-state index < -0.39 is 0 Å². The van der Waals surface area contributed by atoms with E-state index in [4.69, 9.17) is 4.99 Å². The first-order chi connectivity index (χ1) is 11.3. The molecule has 0 radical (unpaired) electrons. The zero-order valence-electron chi connectivity index (χ0n) is 14.8. The quantitative estimate of drug-likeness (QED) is 0.438. The number of aliphatic imine (C=N–C) groups is 1. The fraction of sp³-hybridized carbons (Fsp3) is 0.684. The van der Waals surface area contributed by atoms with Crippen LogP contribution in [-0.4, -0.2) is 42.0 Å². The average molecular weight is 442 g/mol. The maximum absolute atomic E-state index is 4.87. The molecular weight excluding hydrogens is 411 g/mol. The predicted octanol–water partition coefficient (Wildman–Crippen LogP) is 3.86. The Morgan fingerprint density at radius 1 is 1.29 bits per heavy atom. The van der Waals surface area contributed by atoms with Crippen molar-refractivity contribution in [3.05, 3.63) is 30.1 Å². The summed E-state index contributed by atoms with van der Waals surface area (Å²) in [4.78, 5) is 11.5. The third kappa shape index (κ3) is 5.07. The van der Waals surface area contributed by atoms with Crippen LogP contribution in [-0.2, 0) is 6.42 Å². The lowest BCUT2D eigenvalue weighted by Gasteiger charge is -2.33. The molecule has 0 bridgehead atoms. The third-order valence-electron chi connectivity index (χ3n) is 5.37. The molecule has 1 saturated heterocycles. The molecule has 134 valence electrons. The van der Waals surface area contributed by atoms with Crippen molar-refractivity contribution in [2.45, 2.75) is 51.9 Å². The smallest absolute Gasteiger partial charge is 0.193 e. The van der Waals surface area contributed by atoms with Gasteiger partial charge in [0.15, 0.2) is 5.96 Å². The number of likely N-dealkylation sites (tertiary alicyclic amines) is 1. The summed E-state index contributed by atoms with van der Waals surface area (Å²) in [5, 5.41) is 3.49. The molecule has 1 aromatic heterocycles. The first-order valence-corrected chi connectivity index (χ1v) is 9.23. The van der Waals surface area contributed by atoms with Gasteiger partial charge in [0.1, 0.15) is 0 Å².